The molecule has 1 saturated carbocycles. The van der Waals surface area contributed by atoms with Gasteiger partial charge in [-0.05, 0) is 25.8 Å². The Morgan fingerprint density at radius 1 is 1.19 bits per heavy atom. The van der Waals surface area contributed by atoms with Crippen LogP contribution in [-0.4, -0.2) is 44.4 Å². The fourth-order valence-electron chi connectivity index (χ4n) is 3.64. The van der Waals surface area contributed by atoms with E-state index in [0.717, 1.165) is 25.7 Å². The van der Waals surface area contributed by atoms with E-state index in [0.29, 0.717) is 42.5 Å². The van der Waals surface area contributed by atoms with E-state index >= 15 is 0 Å². The van der Waals surface area contributed by atoms with Gasteiger partial charge < -0.3 is 30.2 Å². The van der Waals surface area contributed by atoms with Gasteiger partial charge in [-0.1, -0.05) is 19.3 Å². The highest BCUT2D eigenvalue weighted by molar-refractivity contribution is 14.0. The third-order valence-corrected chi connectivity index (χ3v) is 5.14. The Bertz CT molecular complexity index is 776. The molecule has 1 amide bonds. The van der Waals surface area contributed by atoms with Crippen LogP contribution in [0.3, 0.4) is 0 Å². The lowest BCUT2D eigenvalue weighted by Crippen LogP contribution is -2.41. The number of carbonyl (C=O) groups is 1. The average Bonchev–Trinajstić information content (AvgIpc) is 3.19. The molecule has 1 heterocycles. The van der Waals surface area contributed by atoms with Gasteiger partial charge in [0.25, 0.3) is 0 Å². The molecule has 11 heteroatoms. The van der Waals surface area contributed by atoms with E-state index in [4.69, 9.17) is 9.47 Å². The number of nitrogens with zero attached hydrogens (tertiary/aromatic N) is 1. The average molecular weight is 568 g/mol. The molecule has 0 bridgehead atoms. The van der Waals surface area contributed by atoms with Gasteiger partial charge in [-0.15, -0.1) is 24.0 Å². The number of ether oxygens (including phenoxy) is 3. The summed E-state index contributed by atoms with van der Waals surface area (Å²) in [7, 11) is 0. The molecule has 32 heavy (non-hydrogen) atoms. The summed E-state index contributed by atoms with van der Waals surface area (Å²) in [5.74, 6) is 1.31. The molecule has 0 aromatic heterocycles. The number of guanidine groups is 1. The number of halogens is 3. The Morgan fingerprint density at radius 2 is 1.91 bits per heavy atom. The minimum absolute atomic E-state index is 0. The van der Waals surface area contributed by atoms with Gasteiger partial charge in [0.2, 0.25) is 12.7 Å². The third kappa shape index (κ3) is 8.14. The van der Waals surface area contributed by atoms with Crippen LogP contribution in [0, 0.1) is 0 Å². The zero-order chi connectivity index (χ0) is 22.1. The number of nitrogens with one attached hydrogen (secondary N) is 3. The van der Waals surface area contributed by atoms with Crippen molar-refractivity contribution in [1.82, 2.24) is 16.0 Å². The van der Waals surface area contributed by atoms with Crippen LogP contribution in [0.4, 0.5) is 8.78 Å². The van der Waals surface area contributed by atoms with Crippen LogP contribution in [0.15, 0.2) is 17.1 Å². The molecule has 0 radical (unpaired) electrons. The van der Waals surface area contributed by atoms with Crippen molar-refractivity contribution in [2.45, 2.75) is 64.6 Å². The molecule has 0 saturated heterocycles. The highest BCUT2D eigenvalue weighted by Crippen LogP contribution is 2.39. The molecule has 8 nitrogen and oxygen atoms in total. The van der Waals surface area contributed by atoms with Crippen LogP contribution in [-0.2, 0) is 11.3 Å². The summed E-state index contributed by atoms with van der Waals surface area (Å²) in [6.45, 7) is 0.0926. The first-order valence-electron chi connectivity index (χ1n) is 10.7. The maximum atomic E-state index is 12.8. The third-order valence-electron chi connectivity index (χ3n) is 5.14. The molecule has 3 rings (SSSR count). The first-order chi connectivity index (χ1) is 15.0. The Hall–Kier alpha value is -2.05. The molecule has 1 aliphatic carbocycles. The molecule has 0 spiro atoms. The van der Waals surface area contributed by atoms with Gasteiger partial charge in [0.05, 0.1) is 6.54 Å². The minimum atomic E-state index is -2.96. The van der Waals surface area contributed by atoms with Crippen LogP contribution >= 0.6 is 24.0 Å². The summed E-state index contributed by atoms with van der Waals surface area (Å²) in [6, 6.07) is 3.25. The molecule has 1 aromatic rings. The number of rotatable bonds is 9. The van der Waals surface area contributed by atoms with Crippen molar-refractivity contribution >= 4 is 35.8 Å². The van der Waals surface area contributed by atoms with Gasteiger partial charge >= 0.3 is 6.61 Å². The van der Waals surface area contributed by atoms with Crippen LogP contribution in [0.25, 0.3) is 0 Å². The Morgan fingerprint density at radius 3 is 2.59 bits per heavy atom. The highest BCUT2D eigenvalue weighted by atomic mass is 127. The first-order valence-corrected chi connectivity index (χ1v) is 10.7. The number of fused-ring (bicyclic) bond motifs is 1. The Labute approximate surface area is 203 Å². The van der Waals surface area contributed by atoms with E-state index in [2.05, 4.69) is 25.7 Å². The van der Waals surface area contributed by atoms with Gasteiger partial charge in [-0.3, -0.25) is 4.79 Å². The summed E-state index contributed by atoms with van der Waals surface area (Å²) < 4.78 is 40.7. The molecule has 0 atom stereocenters. The van der Waals surface area contributed by atoms with E-state index in [1.54, 1.807) is 6.07 Å². The molecule has 0 unspecified atom stereocenters. The van der Waals surface area contributed by atoms with E-state index < -0.39 is 6.61 Å². The SMILES string of the molecule is CCNC(=NCc1cc2c(cc1OC(F)F)OCO2)NCCC(=O)NC1CCCCC1.I. The van der Waals surface area contributed by atoms with Gasteiger partial charge in [-0.25, -0.2) is 4.99 Å². The summed E-state index contributed by atoms with van der Waals surface area (Å²) in [4.78, 5) is 16.6. The molecule has 2 aliphatic rings. The minimum Gasteiger partial charge on any atom is -0.454 e. The molecule has 3 N–H and O–H groups in total. The Balaban J connectivity index is 0.00000363. The summed E-state index contributed by atoms with van der Waals surface area (Å²) in [6.07, 6.45) is 5.98. The summed E-state index contributed by atoms with van der Waals surface area (Å²) in [5, 5.41) is 9.27. The van der Waals surface area contributed by atoms with Crippen molar-refractivity contribution in [3.05, 3.63) is 17.7 Å². The second kappa shape index (κ2) is 13.5. The zero-order valence-electron chi connectivity index (χ0n) is 18.1. The topological polar surface area (TPSA) is 93.2 Å². The predicted octanol–water partition coefficient (Wildman–Crippen LogP) is 3.53. The standard InChI is InChI=1S/C21H30F2N4O4.HI/c1-2-24-21(25-9-8-19(28)27-15-6-4-3-5-7-15)26-12-14-10-17-18(30-13-29-17)11-16(14)31-20(22)23;/h10-11,15,20H,2-9,12-13H2,1H3,(H,27,28)(H2,24,25,26);1H. The molecule has 180 valence electrons. The van der Waals surface area contributed by atoms with E-state index in [1.807, 2.05) is 6.92 Å². The normalized spacial score (nSPS) is 15.8. The molecule has 1 aliphatic heterocycles. The Kier molecular flexibility index (Phi) is 11.0. The summed E-state index contributed by atoms with van der Waals surface area (Å²) >= 11 is 0. The monoisotopic (exact) mass is 568 g/mol. The van der Waals surface area contributed by atoms with Crippen molar-refractivity contribution in [2.75, 3.05) is 19.9 Å². The number of carbonyl (C=O) groups excluding carboxylic acids is 1. The van der Waals surface area contributed by atoms with Crippen LogP contribution in [0.2, 0.25) is 0 Å². The van der Waals surface area contributed by atoms with Gasteiger partial charge in [-0.2, -0.15) is 8.78 Å². The van der Waals surface area contributed by atoms with Crippen LogP contribution in [0.5, 0.6) is 17.2 Å². The zero-order valence-corrected chi connectivity index (χ0v) is 20.5. The molecular formula is C21H31F2IN4O4. The van der Waals surface area contributed by atoms with Crippen LogP contribution < -0.4 is 30.2 Å². The van der Waals surface area contributed by atoms with Gasteiger partial charge in [0.1, 0.15) is 5.75 Å². The van der Waals surface area contributed by atoms with E-state index in [9.17, 15) is 13.6 Å². The van der Waals surface area contributed by atoms with E-state index in [1.165, 1.54) is 12.5 Å². The molecule has 1 fully saturated rings. The van der Waals surface area contributed by atoms with Crippen molar-refractivity contribution in [3.63, 3.8) is 0 Å². The quantitative estimate of drug-likeness (QED) is 0.240. The largest absolute Gasteiger partial charge is 0.454 e. The number of aliphatic imine (C=N–C) groups is 1. The van der Waals surface area contributed by atoms with Crippen LogP contribution in [0.1, 0.15) is 51.0 Å². The van der Waals surface area contributed by atoms with Crippen molar-refractivity contribution in [1.29, 1.82) is 0 Å². The first kappa shape index (κ1) is 26.2. The van der Waals surface area contributed by atoms with Crippen molar-refractivity contribution in [3.8, 4) is 17.2 Å². The lowest BCUT2D eigenvalue weighted by Gasteiger charge is -2.22. The fraction of sp³-hybridized carbons (Fsp3) is 0.619. The van der Waals surface area contributed by atoms with Crippen molar-refractivity contribution in [2.24, 2.45) is 4.99 Å². The molecule has 1 aromatic carbocycles. The lowest BCUT2D eigenvalue weighted by molar-refractivity contribution is -0.121. The molecular weight excluding hydrogens is 537 g/mol. The maximum absolute atomic E-state index is 12.8. The van der Waals surface area contributed by atoms with E-state index in [-0.39, 0.29) is 55.0 Å². The maximum Gasteiger partial charge on any atom is 0.387 e. The fourth-order valence-corrected chi connectivity index (χ4v) is 3.64. The number of amides is 1. The number of hydrogen-bond donors (Lipinski definition) is 3. The number of hydrogen-bond acceptors (Lipinski definition) is 5. The van der Waals surface area contributed by atoms with Crippen molar-refractivity contribution < 1.29 is 27.8 Å². The smallest absolute Gasteiger partial charge is 0.387 e. The lowest BCUT2D eigenvalue weighted by atomic mass is 9.95. The summed E-state index contributed by atoms with van der Waals surface area (Å²) in [5.41, 5.74) is 0.441. The predicted molar refractivity (Wildman–Crippen MR) is 127 cm³/mol. The van der Waals surface area contributed by atoms with Gasteiger partial charge in [0.15, 0.2) is 17.5 Å². The number of alkyl halides is 2. The second-order valence-corrected chi connectivity index (χ2v) is 7.47. The number of benzene rings is 1. The second-order valence-electron chi connectivity index (χ2n) is 7.47. The van der Waals surface area contributed by atoms with Gasteiger partial charge in [0, 0.05) is 37.2 Å². The highest BCUT2D eigenvalue weighted by Gasteiger charge is 2.20.